The molecule has 1 aliphatic rings. The fourth-order valence-corrected chi connectivity index (χ4v) is 1.50. The second kappa shape index (κ2) is 3.70. The molecule has 1 aromatic rings. The van der Waals surface area contributed by atoms with Crippen molar-refractivity contribution in [3.63, 3.8) is 0 Å². The lowest BCUT2D eigenvalue weighted by Gasteiger charge is -2.22. The summed E-state index contributed by atoms with van der Waals surface area (Å²) in [4.78, 5) is 11.3. The molecule has 1 saturated heterocycles. The highest BCUT2D eigenvalue weighted by Gasteiger charge is 2.16. The van der Waals surface area contributed by atoms with E-state index in [1.54, 1.807) is 12.3 Å². The van der Waals surface area contributed by atoms with Gasteiger partial charge in [0.1, 0.15) is 0 Å². The molecule has 1 atom stereocenters. The Hall–Kier alpha value is -1.16. The van der Waals surface area contributed by atoms with Crippen LogP contribution in [0.15, 0.2) is 23.1 Å². The van der Waals surface area contributed by atoms with Gasteiger partial charge in [-0.2, -0.15) is 5.10 Å². The Labute approximate surface area is 76.1 Å². The third kappa shape index (κ3) is 1.78. The van der Waals surface area contributed by atoms with Gasteiger partial charge in [0.15, 0.2) is 6.23 Å². The molecule has 1 aromatic heterocycles. The first-order valence-corrected chi connectivity index (χ1v) is 4.53. The molecular formula is C9H12N2O2. The molecule has 0 amide bonds. The lowest BCUT2D eigenvalue weighted by Crippen LogP contribution is -2.29. The van der Waals surface area contributed by atoms with Crippen molar-refractivity contribution in [2.24, 2.45) is 0 Å². The van der Waals surface area contributed by atoms with Gasteiger partial charge in [-0.3, -0.25) is 4.79 Å². The predicted octanol–water partition coefficient (Wildman–Crippen LogP) is 0.942. The zero-order valence-electron chi connectivity index (χ0n) is 7.35. The van der Waals surface area contributed by atoms with Crippen LogP contribution in [0.3, 0.4) is 0 Å². The number of ether oxygens (including phenoxy) is 1. The van der Waals surface area contributed by atoms with Crippen molar-refractivity contribution in [3.8, 4) is 0 Å². The molecule has 0 aliphatic carbocycles. The van der Waals surface area contributed by atoms with E-state index in [1.807, 2.05) is 0 Å². The minimum atomic E-state index is -0.151. The average Bonchev–Trinajstić information content (AvgIpc) is 2.20. The van der Waals surface area contributed by atoms with E-state index in [4.69, 9.17) is 4.74 Å². The summed E-state index contributed by atoms with van der Waals surface area (Å²) in [5.41, 5.74) is -0.0885. The highest BCUT2D eigenvalue weighted by atomic mass is 16.5. The fraction of sp³-hybridized carbons (Fsp3) is 0.556. The molecule has 70 valence electrons. The van der Waals surface area contributed by atoms with Gasteiger partial charge in [-0.15, -0.1) is 0 Å². The van der Waals surface area contributed by atoms with Crippen molar-refractivity contribution in [2.45, 2.75) is 25.5 Å². The van der Waals surface area contributed by atoms with E-state index in [1.165, 1.54) is 10.7 Å². The van der Waals surface area contributed by atoms with Gasteiger partial charge in [-0.05, 0) is 25.3 Å². The summed E-state index contributed by atoms with van der Waals surface area (Å²) in [7, 11) is 0. The van der Waals surface area contributed by atoms with Gasteiger partial charge >= 0.3 is 0 Å². The molecule has 2 heterocycles. The fourth-order valence-electron chi connectivity index (χ4n) is 1.50. The third-order valence-corrected chi connectivity index (χ3v) is 2.17. The van der Waals surface area contributed by atoms with Crippen LogP contribution in [0.1, 0.15) is 25.5 Å². The van der Waals surface area contributed by atoms with Crippen LogP contribution in [0.5, 0.6) is 0 Å². The van der Waals surface area contributed by atoms with Gasteiger partial charge in [0.2, 0.25) is 0 Å². The quantitative estimate of drug-likeness (QED) is 0.646. The molecule has 0 bridgehead atoms. The molecule has 0 saturated carbocycles. The molecule has 2 rings (SSSR count). The van der Waals surface area contributed by atoms with Gasteiger partial charge in [-0.1, -0.05) is 0 Å². The highest BCUT2D eigenvalue weighted by molar-refractivity contribution is 4.85. The van der Waals surface area contributed by atoms with Crippen molar-refractivity contribution in [3.05, 3.63) is 28.7 Å². The molecule has 0 N–H and O–H groups in total. The molecular weight excluding hydrogens is 168 g/mol. The van der Waals surface area contributed by atoms with Crippen molar-refractivity contribution in [1.29, 1.82) is 0 Å². The molecule has 0 radical (unpaired) electrons. The van der Waals surface area contributed by atoms with Crippen molar-refractivity contribution in [1.82, 2.24) is 9.78 Å². The Balaban J connectivity index is 2.24. The van der Waals surface area contributed by atoms with Crippen molar-refractivity contribution >= 4 is 0 Å². The summed E-state index contributed by atoms with van der Waals surface area (Å²) in [6, 6.07) is 3.15. The van der Waals surface area contributed by atoms with Crippen LogP contribution in [-0.2, 0) is 4.74 Å². The normalized spacial score (nSPS) is 22.9. The zero-order chi connectivity index (χ0) is 9.10. The molecule has 4 nitrogen and oxygen atoms in total. The van der Waals surface area contributed by atoms with E-state index >= 15 is 0 Å². The van der Waals surface area contributed by atoms with Gasteiger partial charge in [0.05, 0.1) is 0 Å². The van der Waals surface area contributed by atoms with E-state index in [0.717, 1.165) is 25.9 Å². The zero-order valence-corrected chi connectivity index (χ0v) is 7.35. The Kier molecular flexibility index (Phi) is 2.40. The second-order valence-electron chi connectivity index (χ2n) is 3.13. The van der Waals surface area contributed by atoms with Crippen molar-refractivity contribution in [2.75, 3.05) is 6.61 Å². The summed E-state index contributed by atoms with van der Waals surface area (Å²) in [5, 5.41) is 3.98. The van der Waals surface area contributed by atoms with Gasteiger partial charge in [0, 0.05) is 18.9 Å². The maximum absolute atomic E-state index is 11.3. The van der Waals surface area contributed by atoms with Gasteiger partial charge in [0.25, 0.3) is 5.56 Å². The van der Waals surface area contributed by atoms with Crippen LogP contribution >= 0.6 is 0 Å². The summed E-state index contributed by atoms with van der Waals surface area (Å²) >= 11 is 0. The maximum Gasteiger partial charge on any atom is 0.269 e. The topological polar surface area (TPSA) is 44.1 Å². The molecule has 4 heteroatoms. The summed E-state index contributed by atoms with van der Waals surface area (Å²) in [6.45, 7) is 0.730. The van der Waals surface area contributed by atoms with E-state index in [0.29, 0.717) is 0 Å². The van der Waals surface area contributed by atoms with Crippen molar-refractivity contribution < 1.29 is 4.74 Å². The Morgan fingerprint density at radius 1 is 1.54 bits per heavy atom. The smallest absolute Gasteiger partial charge is 0.269 e. The highest BCUT2D eigenvalue weighted by Crippen LogP contribution is 2.19. The molecule has 0 spiro atoms. The number of hydrogen-bond acceptors (Lipinski definition) is 3. The lowest BCUT2D eigenvalue weighted by molar-refractivity contribution is -0.0424. The average molecular weight is 180 g/mol. The van der Waals surface area contributed by atoms with E-state index in [2.05, 4.69) is 5.10 Å². The monoisotopic (exact) mass is 180 g/mol. The first-order chi connectivity index (χ1) is 6.38. The summed E-state index contributed by atoms with van der Waals surface area (Å²) in [5.74, 6) is 0. The number of nitrogens with zero attached hydrogens (tertiary/aromatic N) is 2. The Bertz CT molecular complexity index is 328. The van der Waals surface area contributed by atoms with Crippen LogP contribution in [-0.4, -0.2) is 16.4 Å². The second-order valence-corrected chi connectivity index (χ2v) is 3.13. The standard InChI is InChI=1S/C9H12N2O2/c12-8-4-3-6-10-11(8)9-5-1-2-7-13-9/h3-4,6,9H,1-2,5,7H2. The first-order valence-electron chi connectivity index (χ1n) is 4.53. The largest absolute Gasteiger partial charge is 0.356 e. The van der Waals surface area contributed by atoms with E-state index in [9.17, 15) is 4.79 Å². The van der Waals surface area contributed by atoms with Gasteiger partial charge < -0.3 is 4.74 Å². The van der Waals surface area contributed by atoms with Crippen LogP contribution in [0.25, 0.3) is 0 Å². The predicted molar refractivity (Wildman–Crippen MR) is 47.3 cm³/mol. The number of hydrogen-bond donors (Lipinski definition) is 0. The summed E-state index contributed by atoms with van der Waals surface area (Å²) < 4.78 is 6.86. The summed E-state index contributed by atoms with van der Waals surface area (Å²) in [6.07, 6.45) is 4.53. The number of aromatic nitrogens is 2. The Morgan fingerprint density at radius 3 is 3.15 bits per heavy atom. The molecule has 1 fully saturated rings. The first kappa shape index (κ1) is 8.44. The van der Waals surface area contributed by atoms with E-state index in [-0.39, 0.29) is 11.8 Å². The third-order valence-electron chi connectivity index (χ3n) is 2.17. The maximum atomic E-state index is 11.3. The number of rotatable bonds is 1. The van der Waals surface area contributed by atoms with Crippen LogP contribution in [0.2, 0.25) is 0 Å². The lowest BCUT2D eigenvalue weighted by atomic mass is 10.2. The van der Waals surface area contributed by atoms with Crippen LogP contribution in [0, 0.1) is 0 Å². The van der Waals surface area contributed by atoms with E-state index < -0.39 is 0 Å². The Morgan fingerprint density at radius 2 is 2.46 bits per heavy atom. The molecule has 1 aliphatic heterocycles. The van der Waals surface area contributed by atoms with Crippen LogP contribution < -0.4 is 5.56 Å². The SMILES string of the molecule is O=c1cccnn1C1CCCCO1. The van der Waals surface area contributed by atoms with Crippen LogP contribution in [0.4, 0.5) is 0 Å². The minimum Gasteiger partial charge on any atom is -0.356 e. The molecule has 1 unspecified atom stereocenters. The minimum absolute atomic E-state index is 0.0885. The molecule has 0 aromatic carbocycles. The van der Waals surface area contributed by atoms with Gasteiger partial charge in [-0.25, -0.2) is 4.68 Å². The molecule has 13 heavy (non-hydrogen) atoms.